The molecule has 0 rings (SSSR count). The zero-order valence-corrected chi connectivity index (χ0v) is 4.33. The Morgan fingerprint density at radius 2 is 1.50 bits per heavy atom. The van der Waals surface area contributed by atoms with Crippen molar-refractivity contribution in [2.24, 2.45) is 0 Å². The normalized spacial score (nSPS) is 3.50. The lowest BCUT2D eigenvalue weighted by atomic mass is 11.0. The second kappa shape index (κ2) is 23.9. The van der Waals surface area contributed by atoms with Crippen LogP contribution >= 0.6 is 11.6 Å². The zero-order chi connectivity index (χ0) is 5.41. The van der Waals surface area contributed by atoms with Gasteiger partial charge in [0.1, 0.15) is 0 Å². The molecule has 0 aromatic carbocycles. The van der Waals surface area contributed by atoms with Gasteiger partial charge < -0.3 is 0 Å². The number of halogens is 1. The molecule has 1 heteroatoms. The van der Waals surface area contributed by atoms with Crippen molar-refractivity contribution in [2.75, 3.05) is 0 Å². The maximum Gasteiger partial charge on any atom is -0.00296 e. The molecule has 0 saturated heterocycles. The minimum absolute atomic E-state index is 1.22. The highest BCUT2D eigenvalue weighted by Crippen LogP contribution is 1.60. The Balaban J connectivity index is 0. The average Bonchev–Trinajstić information content (AvgIpc) is 1.39. The Kier molecular flexibility index (Phi) is 36.3. The van der Waals surface area contributed by atoms with Crippen molar-refractivity contribution in [3.8, 4) is 0 Å². The van der Waals surface area contributed by atoms with Crippen molar-refractivity contribution < 1.29 is 0 Å². The van der Waals surface area contributed by atoms with E-state index in [1.165, 1.54) is 5.54 Å². The Labute approximate surface area is 43.4 Å². The van der Waals surface area contributed by atoms with Crippen LogP contribution in [0.2, 0.25) is 0 Å². The van der Waals surface area contributed by atoms with Crippen LogP contribution in [0, 0.1) is 0 Å². The average molecular weight is 103 g/mol. The summed E-state index contributed by atoms with van der Waals surface area (Å²) in [5.74, 6) is 0. The highest BCUT2D eigenvalue weighted by molar-refractivity contribution is 6.25. The smallest absolute Gasteiger partial charge is 0.00296 e. The van der Waals surface area contributed by atoms with Crippen molar-refractivity contribution in [3.63, 3.8) is 0 Å². The van der Waals surface area contributed by atoms with Gasteiger partial charge in [-0.3, -0.25) is 0 Å². The van der Waals surface area contributed by atoms with Gasteiger partial charge >= 0.3 is 0 Å². The first-order valence-corrected chi connectivity index (χ1v) is 1.77. The minimum Gasteiger partial charge on any atom is -0.137 e. The van der Waals surface area contributed by atoms with E-state index in [1.807, 2.05) is 0 Å². The van der Waals surface area contributed by atoms with E-state index in [0.717, 1.165) is 0 Å². The van der Waals surface area contributed by atoms with E-state index in [-0.39, 0.29) is 0 Å². The topological polar surface area (TPSA) is 0 Å². The molecule has 0 aromatic rings. The number of hydrogen-bond donors (Lipinski definition) is 0. The number of rotatable bonds is 0. The third-order valence-corrected chi connectivity index (χ3v) is 0. The molecule has 0 amide bonds. The van der Waals surface area contributed by atoms with Crippen molar-refractivity contribution >= 4 is 11.6 Å². The van der Waals surface area contributed by atoms with Gasteiger partial charge in [-0.2, -0.15) is 0 Å². The van der Waals surface area contributed by atoms with E-state index in [0.29, 0.717) is 0 Å². The minimum atomic E-state index is 1.22. The van der Waals surface area contributed by atoms with Gasteiger partial charge in [-0.1, -0.05) is 31.3 Å². The van der Waals surface area contributed by atoms with E-state index in [2.05, 4.69) is 25.5 Å². The lowest BCUT2D eigenvalue weighted by molar-refractivity contribution is 2.51. The van der Waals surface area contributed by atoms with Crippen LogP contribution < -0.4 is 0 Å². The van der Waals surface area contributed by atoms with Crippen LogP contribution in [0.3, 0.4) is 0 Å². The van der Waals surface area contributed by atoms with E-state index in [4.69, 9.17) is 11.6 Å². The molecule has 0 aromatic heterocycles. The standard InChI is InChI=1S/C3H4.C2H3Cl/c1-3-2;1-2-3/h1-2H2;2H,1H2. The molecular formula is C5H7Cl. The first-order valence-electron chi connectivity index (χ1n) is 1.33. The quantitative estimate of drug-likeness (QED) is 0.412. The molecule has 0 heterocycles. The molecule has 0 unspecified atom stereocenters. The Hall–Kier alpha value is -0.450. The molecule has 0 aliphatic rings. The zero-order valence-electron chi connectivity index (χ0n) is 3.58. The Bertz CT molecular complexity index is 49.0. The van der Waals surface area contributed by atoms with Crippen LogP contribution in [0.25, 0.3) is 0 Å². The molecule has 34 valence electrons. The summed E-state index contributed by atoms with van der Waals surface area (Å²) in [6.45, 7) is 9.38. The predicted octanol–water partition coefficient (Wildman–Crippen LogP) is 2.33. The molecule has 0 radical (unpaired) electrons. The summed E-state index contributed by atoms with van der Waals surface area (Å²) in [5.41, 5.74) is 3.47. The summed E-state index contributed by atoms with van der Waals surface area (Å²) >= 11 is 4.76. The summed E-state index contributed by atoms with van der Waals surface area (Å²) in [4.78, 5) is 0. The first kappa shape index (κ1) is 9.12. The van der Waals surface area contributed by atoms with Gasteiger partial charge in [-0.15, -0.1) is 5.73 Å². The summed E-state index contributed by atoms with van der Waals surface area (Å²) in [6.07, 6.45) is 0. The van der Waals surface area contributed by atoms with Crippen molar-refractivity contribution in [1.82, 2.24) is 0 Å². The Morgan fingerprint density at radius 1 is 1.50 bits per heavy atom. The second-order valence-corrected chi connectivity index (χ2v) is 0.713. The van der Waals surface area contributed by atoms with Crippen molar-refractivity contribution in [2.45, 2.75) is 0 Å². The largest absolute Gasteiger partial charge is 0.137 e. The van der Waals surface area contributed by atoms with Gasteiger partial charge in [0.05, 0.1) is 0 Å². The molecule has 0 spiro atoms. The van der Waals surface area contributed by atoms with E-state index in [1.54, 1.807) is 0 Å². The molecule has 0 aliphatic heterocycles. The van der Waals surface area contributed by atoms with E-state index in [9.17, 15) is 0 Å². The van der Waals surface area contributed by atoms with Gasteiger partial charge in [-0.05, 0) is 5.54 Å². The SMILES string of the molecule is C=C=C.C=CCl. The predicted molar refractivity (Wildman–Crippen MR) is 30.8 cm³/mol. The summed E-state index contributed by atoms with van der Waals surface area (Å²) in [5, 5.41) is 0. The summed E-state index contributed by atoms with van der Waals surface area (Å²) < 4.78 is 0. The fraction of sp³-hybridized carbons (Fsp3) is 0. The van der Waals surface area contributed by atoms with Crippen LogP contribution in [0.5, 0.6) is 0 Å². The summed E-state index contributed by atoms with van der Waals surface area (Å²) in [7, 11) is 0. The van der Waals surface area contributed by atoms with Gasteiger partial charge in [0.15, 0.2) is 0 Å². The number of hydrogen-bond acceptors (Lipinski definition) is 0. The Morgan fingerprint density at radius 3 is 1.50 bits per heavy atom. The third kappa shape index (κ3) is 114. The fourth-order valence-electron chi connectivity index (χ4n) is 0. The van der Waals surface area contributed by atoms with Gasteiger partial charge in [0.25, 0.3) is 0 Å². The highest BCUT2D eigenvalue weighted by Gasteiger charge is 1.18. The van der Waals surface area contributed by atoms with Crippen LogP contribution in [0.15, 0.2) is 31.0 Å². The fourth-order valence-corrected chi connectivity index (χ4v) is 0. The molecular weight excluding hydrogens is 95.5 g/mol. The molecule has 0 aliphatic carbocycles. The third-order valence-electron chi connectivity index (χ3n) is 0. The van der Waals surface area contributed by atoms with Crippen LogP contribution in [-0.4, -0.2) is 0 Å². The molecule has 0 bridgehead atoms. The molecule has 0 nitrogen and oxygen atoms in total. The van der Waals surface area contributed by atoms with Crippen molar-refractivity contribution in [3.05, 3.63) is 31.0 Å². The maximum atomic E-state index is 4.76. The lowest BCUT2D eigenvalue weighted by Gasteiger charge is -1.27. The first-order chi connectivity index (χ1) is 2.83. The van der Waals surface area contributed by atoms with Gasteiger partial charge in [-0.25, -0.2) is 0 Å². The molecule has 6 heavy (non-hydrogen) atoms. The molecule has 0 N–H and O–H groups in total. The monoisotopic (exact) mass is 102 g/mol. The van der Waals surface area contributed by atoms with Gasteiger partial charge in [0.2, 0.25) is 0 Å². The van der Waals surface area contributed by atoms with Crippen LogP contribution in [0.1, 0.15) is 0 Å². The summed E-state index contributed by atoms with van der Waals surface area (Å²) in [6, 6.07) is 0. The van der Waals surface area contributed by atoms with Crippen molar-refractivity contribution in [1.29, 1.82) is 0 Å². The van der Waals surface area contributed by atoms with Crippen LogP contribution in [-0.2, 0) is 0 Å². The van der Waals surface area contributed by atoms with E-state index < -0.39 is 0 Å². The van der Waals surface area contributed by atoms with Gasteiger partial charge in [0, 0.05) is 0 Å². The highest BCUT2D eigenvalue weighted by atomic mass is 35.5. The second-order valence-electron chi connectivity index (χ2n) is 0.404. The maximum absolute atomic E-state index is 4.76. The van der Waals surface area contributed by atoms with Crippen LogP contribution in [0.4, 0.5) is 0 Å². The lowest BCUT2D eigenvalue weighted by Crippen LogP contribution is -0.926. The molecule has 0 atom stereocenters. The van der Waals surface area contributed by atoms with E-state index >= 15 is 0 Å². The molecule has 0 fully saturated rings. The molecule has 0 saturated carbocycles.